The lowest BCUT2D eigenvalue weighted by Gasteiger charge is -2.13. The summed E-state index contributed by atoms with van der Waals surface area (Å²) in [5.74, 6) is 0.571. The summed E-state index contributed by atoms with van der Waals surface area (Å²) in [6.07, 6.45) is 3.56. The predicted molar refractivity (Wildman–Crippen MR) is 113 cm³/mol. The van der Waals surface area contributed by atoms with Crippen LogP contribution < -0.4 is 10.1 Å². The van der Waals surface area contributed by atoms with Crippen LogP contribution in [0.5, 0.6) is 5.75 Å². The summed E-state index contributed by atoms with van der Waals surface area (Å²) >= 11 is 6.31. The molecule has 1 saturated heterocycles. The van der Waals surface area contributed by atoms with E-state index in [4.69, 9.17) is 17.0 Å². The second-order valence-corrected chi connectivity index (χ2v) is 7.70. The van der Waals surface area contributed by atoms with Crippen molar-refractivity contribution in [2.24, 2.45) is 0 Å². The van der Waals surface area contributed by atoms with Crippen molar-refractivity contribution in [3.05, 3.63) is 58.8 Å². The first kappa shape index (κ1) is 17.6. The Morgan fingerprint density at radius 1 is 1.22 bits per heavy atom. The standard InChI is InChI=1S/C20H15N3O2S2/c1-11-14(10-13-4-3-7-21-18(13)22-11)15-8-12(5-6-16(15)25-2)9-17-19(24)23-20(26)27-17/h3-10H,1-2H3,(H,23,24,26). The summed E-state index contributed by atoms with van der Waals surface area (Å²) in [7, 11) is 1.64. The van der Waals surface area contributed by atoms with E-state index in [2.05, 4.69) is 21.4 Å². The second-order valence-electron chi connectivity index (χ2n) is 5.98. The van der Waals surface area contributed by atoms with Crippen molar-refractivity contribution in [3.8, 4) is 16.9 Å². The van der Waals surface area contributed by atoms with Crippen LogP contribution in [-0.4, -0.2) is 27.3 Å². The molecule has 1 aromatic carbocycles. The van der Waals surface area contributed by atoms with E-state index < -0.39 is 0 Å². The number of nitrogens with zero attached hydrogens (tertiary/aromatic N) is 2. The van der Waals surface area contributed by atoms with Gasteiger partial charge in [0, 0.05) is 28.4 Å². The SMILES string of the molecule is COc1ccc(C=C2SC(=S)NC2=O)cc1-c1cc2cccnc2nc1C. The number of nitrogens with one attached hydrogen (secondary N) is 1. The third-order valence-electron chi connectivity index (χ3n) is 4.23. The van der Waals surface area contributed by atoms with E-state index in [1.165, 1.54) is 11.8 Å². The van der Waals surface area contributed by atoms with Crippen LogP contribution in [0.3, 0.4) is 0 Å². The van der Waals surface area contributed by atoms with Crippen LogP contribution in [0.25, 0.3) is 28.2 Å². The number of hydrogen-bond acceptors (Lipinski definition) is 6. The number of carbonyl (C=O) groups is 1. The van der Waals surface area contributed by atoms with Crippen LogP contribution in [0.1, 0.15) is 11.3 Å². The molecule has 0 radical (unpaired) electrons. The van der Waals surface area contributed by atoms with Crippen molar-refractivity contribution < 1.29 is 9.53 Å². The quantitative estimate of drug-likeness (QED) is 0.534. The van der Waals surface area contributed by atoms with Crippen molar-refractivity contribution in [2.45, 2.75) is 6.92 Å². The number of methoxy groups -OCH3 is 1. The Hall–Kier alpha value is -2.77. The maximum Gasteiger partial charge on any atom is 0.263 e. The molecule has 0 saturated carbocycles. The van der Waals surface area contributed by atoms with Crippen molar-refractivity contribution in [1.82, 2.24) is 15.3 Å². The summed E-state index contributed by atoms with van der Waals surface area (Å²) in [6.45, 7) is 1.95. The van der Waals surface area contributed by atoms with Crippen LogP contribution >= 0.6 is 24.0 Å². The van der Waals surface area contributed by atoms with Gasteiger partial charge in [-0.3, -0.25) is 4.79 Å². The Bertz CT molecular complexity index is 1130. The van der Waals surface area contributed by atoms with Gasteiger partial charge in [0.15, 0.2) is 5.65 Å². The van der Waals surface area contributed by atoms with E-state index in [0.717, 1.165) is 33.5 Å². The first-order chi connectivity index (χ1) is 13.0. The van der Waals surface area contributed by atoms with Crippen LogP contribution in [0.15, 0.2) is 47.5 Å². The van der Waals surface area contributed by atoms with Gasteiger partial charge in [-0.2, -0.15) is 0 Å². The third-order valence-corrected chi connectivity index (χ3v) is 5.40. The number of amides is 1. The molecule has 1 aliphatic rings. The van der Waals surface area contributed by atoms with Gasteiger partial charge in [-0.1, -0.05) is 30.0 Å². The van der Waals surface area contributed by atoms with E-state index >= 15 is 0 Å². The molecule has 1 fully saturated rings. The Morgan fingerprint density at radius 3 is 2.81 bits per heavy atom. The lowest BCUT2D eigenvalue weighted by molar-refractivity contribution is -0.115. The fraction of sp³-hybridized carbons (Fsp3) is 0.100. The van der Waals surface area contributed by atoms with Gasteiger partial charge in [0.05, 0.1) is 12.0 Å². The van der Waals surface area contributed by atoms with Crippen molar-refractivity contribution in [2.75, 3.05) is 7.11 Å². The highest BCUT2D eigenvalue weighted by molar-refractivity contribution is 8.26. The molecule has 3 heterocycles. The van der Waals surface area contributed by atoms with Gasteiger partial charge in [0.2, 0.25) is 0 Å². The molecule has 27 heavy (non-hydrogen) atoms. The van der Waals surface area contributed by atoms with E-state index in [9.17, 15) is 4.79 Å². The molecule has 0 bridgehead atoms. The first-order valence-corrected chi connectivity index (χ1v) is 9.43. The average molecular weight is 393 g/mol. The number of hydrogen-bond donors (Lipinski definition) is 1. The van der Waals surface area contributed by atoms with E-state index in [1.54, 1.807) is 13.3 Å². The van der Waals surface area contributed by atoms with E-state index in [-0.39, 0.29) is 5.91 Å². The van der Waals surface area contributed by atoms with Gasteiger partial charge >= 0.3 is 0 Å². The van der Waals surface area contributed by atoms with Gasteiger partial charge < -0.3 is 10.1 Å². The second kappa shape index (κ2) is 7.09. The highest BCUT2D eigenvalue weighted by Gasteiger charge is 2.22. The summed E-state index contributed by atoms with van der Waals surface area (Å²) in [4.78, 5) is 21.4. The normalized spacial score (nSPS) is 15.4. The Morgan fingerprint density at radius 2 is 2.07 bits per heavy atom. The number of thiocarbonyl (C=S) groups is 1. The van der Waals surface area contributed by atoms with Crippen LogP contribution in [0, 0.1) is 6.92 Å². The molecule has 134 valence electrons. The molecule has 0 spiro atoms. The van der Waals surface area contributed by atoms with Gasteiger partial charge in [0.25, 0.3) is 5.91 Å². The number of pyridine rings is 2. The lowest BCUT2D eigenvalue weighted by atomic mass is 9.99. The minimum atomic E-state index is -0.169. The summed E-state index contributed by atoms with van der Waals surface area (Å²) in [5, 5.41) is 3.59. The zero-order valence-corrected chi connectivity index (χ0v) is 16.3. The molecule has 5 nitrogen and oxygen atoms in total. The highest BCUT2D eigenvalue weighted by Crippen LogP contribution is 2.35. The fourth-order valence-corrected chi connectivity index (χ4v) is 4.01. The van der Waals surface area contributed by atoms with Crippen LogP contribution in [0.4, 0.5) is 0 Å². The van der Waals surface area contributed by atoms with Crippen molar-refractivity contribution in [3.63, 3.8) is 0 Å². The summed E-state index contributed by atoms with van der Waals surface area (Å²) in [6, 6.07) is 11.7. The Kier molecular flexibility index (Phi) is 4.63. The highest BCUT2D eigenvalue weighted by atomic mass is 32.2. The molecule has 1 amide bonds. The maximum atomic E-state index is 11.9. The molecule has 1 N–H and O–H groups in total. The zero-order valence-electron chi connectivity index (χ0n) is 14.6. The number of carbonyl (C=O) groups excluding carboxylic acids is 1. The molecule has 0 unspecified atom stereocenters. The minimum absolute atomic E-state index is 0.169. The number of rotatable bonds is 3. The summed E-state index contributed by atoms with van der Waals surface area (Å²) in [5.41, 5.74) is 4.33. The van der Waals surface area contributed by atoms with Crippen LogP contribution in [0.2, 0.25) is 0 Å². The molecule has 7 heteroatoms. The number of aryl methyl sites for hydroxylation is 1. The summed E-state index contributed by atoms with van der Waals surface area (Å²) < 4.78 is 6.03. The number of thioether (sulfide) groups is 1. The molecule has 4 rings (SSSR count). The van der Waals surface area contributed by atoms with Crippen molar-refractivity contribution >= 4 is 51.3 Å². The molecular formula is C20H15N3O2S2. The smallest absolute Gasteiger partial charge is 0.263 e. The molecular weight excluding hydrogens is 378 g/mol. The van der Waals surface area contributed by atoms with E-state index in [0.29, 0.717) is 14.9 Å². The Labute approximate surface area is 165 Å². The lowest BCUT2D eigenvalue weighted by Crippen LogP contribution is -2.17. The number of aromatic nitrogens is 2. The first-order valence-electron chi connectivity index (χ1n) is 8.21. The van der Waals surface area contributed by atoms with E-state index in [1.807, 2.05) is 43.3 Å². The minimum Gasteiger partial charge on any atom is -0.496 e. The maximum absolute atomic E-state index is 11.9. The largest absolute Gasteiger partial charge is 0.496 e. The molecule has 1 aliphatic heterocycles. The molecule has 0 aliphatic carbocycles. The number of benzene rings is 1. The van der Waals surface area contributed by atoms with Gasteiger partial charge in [-0.15, -0.1) is 0 Å². The van der Waals surface area contributed by atoms with Crippen LogP contribution in [-0.2, 0) is 4.79 Å². The van der Waals surface area contributed by atoms with Crippen molar-refractivity contribution in [1.29, 1.82) is 0 Å². The third kappa shape index (κ3) is 3.43. The Balaban J connectivity index is 1.85. The number of ether oxygens (including phenoxy) is 1. The van der Waals surface area contributed by atoms with Gasteiger partial charge in [-0.05, 0) is 48.9 Å². The molecule has 2 aromatic heterocycles. The van der Waals surface area contributed by atoms with Gasteiger partial charge in [0.1, 0.15) is 10.1 Å². The topological polar surface area (TPSA) is 64.1 Å². The monoisotopic (exact) mass is 393 g/mol. The average Bonchev–Trinajstić information content (AvgIpc) is 2.98. The number of fused-ring (bicyclic) bond motifs is 1. The van der Waals surface area contributed by atoms with Gasteiger partial charge in [-0.25, -0.2) is 9.97 Å². The molecule has 3 aromatic rings. The fourth-order valence-electron chi connectivity index (χ4n) is 2.97. The molecule has 0 atom stereocenters. The zero-order chi connectivity index (χ0) is 19.0. The predicted octanol–water partition coefficient (Wildman–Crippen LogP) is 4.10.